The van der Waals surface area contributed by atoms with Crippen molar-refractivity contribution in [1.82, 2.24) is 20.1 Å². The first kappa shape index (κ1) is 18.1. The van der Waals surface area contributed by atoms with Crippen molar-refractivity contribution in [2.75, 3.05) is 19.8 Å². The van der Waals surface area contributed by atoms with Crippen LogP contribution < -0.4 is 5.32 Å². The molecule has 2 heterocycles. The minimum absolute atomic E-state index is 0.104. The van der Waals surface area contributed by atoms with Crippen molar-refractivity contribution < 1.29 is 9.53 Å². The van der Waals surface area contributed by atoms with Gasteiger partial charge in [0.15, 0.2) is 5.65 Å². The Hall–Kier alpha value is -2.73. The number of carbonyl (C=O) groups excluding carboxylic acids is 1. The van der Waals surface area contributed by atoms with Gasteiger partial charge in [-0.1, -0.05) is 18.2 Å². The number of para-hydroxylation sites is 1. The maximum absolute atomic E-state index is 12.7. The quantitative estimate of drug-likeness (QED) is 0.663. The molecule has 6 heteroatoms. The summed E-state index contributed by atoms with van der Waals surface area (Å²) in [5.41, 5.74) is 3.81. The minimum atomic E-state index is -0.104. The Morgan fingerprint density at radius 1 is 1.23 bits per heavy atom. The first-order valence-corrected chi connectivity index (χ1v) is 8.90. The lowest BCUT2D eigenvalue weighted by Gasteiger charge is -2.08. The fraction of sp³-hybridized carbons (Fsp3) is 0.350. The van der Waals surface area contributed by atoms with E-state index in [0.29, 0.717) is 31.0 Å². The third-order valence-corrected chi connectivity index (χ3v) is 4.14. The van der Waals surface area contributed by atoms with Crippen LogP contribution in [0.1, 0.15) is 35.1 Å². The van der Waals surface area contributed by atoms with Gasteiger partial charge in [-0.25, -0.2) is 9.67 Å². The van der Waals surface area contributed by atoms with E-state index in [1.165, 1.54) is 0 Å². The van der Waals surface area contributed by atoms with Crippen LogP contribution in [0, 0.1) is 13.8 Å². The second-order valence-electron chi connectivity index (χ2n) is 6.15. The van der Waals surface area contributed by atoms with E-state index in [1.54, 1.807) is 4.68 Å². The SMILES string of the molecule is CCOCCCNC(=O)c1cc(C)nc2c1c(C)nn2-c1ccccc1. The third-order valence-electron chi connectivity index (χ3n) is 4.14. The number of aryl methyl sites for hydroxylation is 2. The highest BCUT2D eigenvalue weighted by Gasteiger charge is 2.19. The van der Waals surface area contributed by atoms with Gasteiger partial charge in [-0.15, -0.1) is 0 Å². The molecule has 2 aromatic heterocycles. The predicted molar refractivity (Wildman–Crippen MR) is 102 cm³/mol. The van der Waals surface area contributed by atoms with E-state index >= 15 is 0 Å². The number of pyridine rings is 1. The first-order chi connectivity index (χ1) is 12.6. The molecule has 3 aromatic rings. The van der Waals surface area contributed by atoms with E-state index in [2.05, 4.69) is 15.4 Å². The van der Waals surface area contributed by atoms with Gasteiger partial charge in [0.25, 0.3) is 5.91 Å². The Labute approximate surface area is 153 Å². The average Bonchev–Trinajstić information content (AvgIpc) is 2.98. The summed E-state index contributed by atoms with van der Waals surface area (Å²) >= 11 is 0. The van der Waals surface area contributed by atoms with E-state index in [1.807, 2.05) is 57.2 Å². The van der Waals surface area contributed by atoms with E-state index in [-0.39, 0.29) is 5.91 Å². The number of rotatable bonds is 7. The molecule has 0 saturated heterocycles. The maximum atomic E-state index is 12.7. The van der Waals surface area contributed by atoms with E-state index < -0.39 is 0 Å². The molecule has 0 radical (unpaired) electrons. The van der Waals surface area contributed by atoms with Gasteiger partial charge in [-0.05, 0) is 45.4 Å². The number of aromatic nitrogens is 3. The van der Waals surface area contributed by atoms with Gasteiger partial charge in [-0.2, -0.15) is 5.10 Å². The molecule has 0 spiro atoms. The molecule has 6 nitrogen and oxygen atoms in total. The van der Waals surface area contributed by atoms with Gasteiger partial charge in [0.1, 0.15) is 0 Å². The molecule has 0 saturated carbocycles. The number of nitrogens with zero attached hydrogens (tertiary/aromatic N) is 3. The fourth-order valence-corrected chi connectivity index (χ4v) is 2.96. The molecule has 26 heavy (non-hydrogen) atoms. The molecule has 0 aliphatic heterocycles. The largest absolute Gasteiger partial charge is 0.382 e. The average molecular weight is 352 g/mol. The van der Waals surface area contributed by atoms with Crippen LogP contribution in [-0.2, 0) is 4.74 Å². The van der Waals surface area contributed by atoms with Crippen LogP contribution in [0.5, 0.6) is 0 Å². The Kier molecular flexibility index (Phi) is 5.63. The lowest BCUT2D eigenvalue weighted by Crippen LogP contribution is -2.25. The third kappa shape index (κ3) is 3.75. The maximum Gasteiger partial charge on any atom is 0.252 e. The number of hydrogen-bond acceptors (Lipinski definition) is 4. The van der Waals surface area contributed by atoms with Crippen LogP contribution in [0.25, 0.3) is 16.7 Å². The number of hydrogen-bond donors (Lipinski definition) is 1. The van der Waals surface area contributed by atoms with Crippen molar-refractivity contribution in [1.29, 1.82) is 0 Å². The molecular weight excluding hydrogens is 328 g/mol. The summed E-state index contributed by atoms with van der Waals surface area (Å²) in [5, 5.41) is 8.38. The Balaban J connectivity index is 1.94. The van der Waals surface area contributed by atoms with Crippen molar-refractivity contribution in [3.05, 3.63) is 53.3 Å². The molecule has 0 aliphatic rings. The Morgan fingerprint density at radius 3 is 2.73 bits per heavy atom. The highest BCUT2D eigenvalue weighted by atomic mass is 16.5. The van der Waals surface area contributed by atoms with Gasteiger partial charge in [0.2, 0.25) is 0 Å². The van der Waals surface area contributed by atoms with Crippen LogP contribution in [-0.4, -0.2) is 40.4 Å². The van der Waals surface area contributed by atoms with Crippen LogP contribution in [0.15, 0.2) is 36.4 Å². The molecule has 1 amide bonds. The second kappa shape index (κ2) is 8.10. The monoisotopic (exact) mass is 352 g/mol. The van der Waals surface area contributed by atoms with Gasteiger partial charge in [0, 0.05) is 25.5 Å². The summed E-state index contributed by atoms with van der Waals surface area (Å²) < 4.78 is 7.10. The first-order valence-electron chi connectivity index (χ1n) is 8.90. The molecule has 0 unspecified atom stereocenters. The number of benzene rings is 1. The van der Waals surface area contributed by atoms with Crippen molar-refractivity contribution in [2.24, 2.45) is 0 Å². The van der Waals surface area contributed by atoms with Crippen LogP contribution >= 0.6 is 0 Å². The second-order valence-corrected chi connectivity index (χ2v) is 6.15. The van der Waals surface area contributed by atoms with Crippen molar-refractivity contribution in [3.63, 3.8) is 0 Å². The van der Waals surface area contributed by atoms with Gasteiger partial charge < -0.3 is 10.1 Å². The van der Waals surface area contributed by atoms with E-state index in [4.69, 9.17) is 4.74 Å². The molecule has 3 rings (SSSR count). The van der Waals surface area contributed by atoms with Gasteiger partial charge in [0.05, 0.1) is 22.3 Å². The normalized spacial score (nSPS) is 11.0. The topological polar surface area (TPSA) is 69.0 Å². The molecule has 0 fully saturated rings. The molecular formula is C20H24N4O2. The standard InChI is InChI=1S/C20H24N4O2/c1-4-26-12-8-11-21-20(25)17-13-14(2)22-19-18(17)15(3)23-24(19)16-9-6-5-7-10-16/h5-7,9-10,13H,4,8,11-12H2,1-3H3,(H,21,25). The zero-order valence-corrected chi connectivity index (χ0v) is 15.5. The van der Waals surface area contributed by atoms with Crippen molar-refractivity contribution in [2.45, 2.75) is 27.2 Å². The number of carbonyl (C=O) groups is 1. The van der Waals surface area contributed by atoms with Crippen LogP contribution in [0.3, 0.4) is 0 Å². The number of ether oxygens (including phenoxy) is 1. The molecule has 1 N–H and O–H groups in total. The minimum Gasteiger partial charge on any atom is -0.382 e. The lowest BCUT2D eigenvalue weighted by molar-refractivity contribution is 0.0945. The Morgan fingerprint density at radius 2 is 2.00 bits per heavy atom. The zero-order valence-electron chi connectivity index (χ0n) is 15.5. The zero-order chi connectivity index (χ0) is 18.5. The molecule has 0 atom stereocenters. The Bertz CT molecular complexity index is 903. The van der Waals surface area contributed by atoms with Gasteiger partial charge in [-0.3, -0.25) is 4.79 Å². The highest BCUT2D eigenvalue weighted by Crippen LogP contribution is 2.24. The van der Waals surface area contributed by atoms with Crippen molar-refractivity contribution in [3.8, 4) is 5.69 Å². The molecule has 136 valence electrons. The summed E-state index contributed by atoms with van der Waals surface area (Å²) in [6, 6.07) is 11.7. The summed E-state index contributed by atoms with van der Waals surface area (Å²) in [4.78, 5) is 17.4. The van der Waals surface area contributed by atoms with Crippen LogP contribution in [0.4, 0.5) is 0 Å². The van der Waals surface area contributed by atoms with Crippen molar-refractivity contribution >= 4 is 16.9 Å². The molecule has 1 aromatic carbocycles. The summed E-state index contributed by atoms with van der Waals surface area (Å²) in [7, 11) is 0. The van der Waals surface area contributed by atoms with E-state index in [9.17, 15) is 4.79 Å². The van der Waals surface area contributed by atoms with Gasteiger partial charge >= 0.3 is 0 Å². The molecule has 0 bridgehead atoms. The lowest BCUT2D eigenvalue weighted by atomic mass is 10.1. The molecule has 0 aliphatic carbocycles. The van der Waals surface area contributed by atoms with E-state index in [0.717, 1.165) is 28.9 Å². The smallest absolute Gasteiger partial charge is 0.252 e. The summed E-state index contributed by atoms with van der Waals surface area (Å²) in [5.74, 6) is -0.104. The fourth-order valence-electron chi connectivity index (χ4n) is 2.96. The number of nitrogens with one attached hydrogen (secondary N) is 1. The summed E-state index contributed by atoms with van der Waals surface area (Å²) in [6.45, 7) is 7.67. The van der Waals surface area contributed by atoms with Crippen LogP contribution in [0.2, 0.25) is 0 Å². The number of amides is 1. The highest BCUT2D eigenvalue weighted by molar-refractivity contribution is 6.06. The predicted octanol–water partition coefficient (Wildman–Crippen LogP) is 3.19. The number of fused-ring (bicyclic) bond motifs is 1. The summed E-state index contributed by atoms with van der Waals surface area (Å²) in [6.07, 6.45) is 0.787.